The van der Waals surface area contributed by atoms with Crippen molar-refractivity contribution in [3.63, 3.8) is 0 Å². The number of aromatic nitrogens is 3. The molecule has 0 amide bonds. The summed E-state index contributed by atoms with van der Waals surface area (Å²) in [7, 11) is 0. The van der Waals surface area contributed by atoms with E-state index in [1.54, 1.807) is 12.7 Å². The monoisotopic (exact) mass is 258 g/mol. The molecule has 19 heavy (non-hydrogen) atoms. The van der Waals surface area contributed by atoms with E-state index in [0.717, 1.165) is 13.0 Å². The molecule has 2 unspecified atom stereocenters. The molecule has 0 saturated carbocycles. The van der Waals surface area contributed by atoms with Crippen molar-refractivity contribution in [3.05, 3.63) is 48.0 Å². The number of aryl methyl sites for hydroxylation is 1. The molecule has 1 aromatic heterocycles. The van der Waals surface area contributed by atoms with E-state index in [9.17, 15) is 0 Å². The SMILES string of the molecule is CCCNC(c1ccc(C)cc1)C(C)n1cncn1. The van der Waals surface area contributed by atoms with Crippen LogP contribution in [-0.4, -0.2) is 21.3 Å². The molecular formula is C15H22N4. The summed E-state index contributed by atoms with van der Waals surface area (Å²) in [6.07, 6.45) is 4.48. The van der Waals surface area contributed by atoms with Crippen LogP contribution in [0.15, 0.2) is 36.9 Å². The molecule has 1 aromatic carbocycles. The van der Waals surface area contributed by atoms with Crippen molar-refractivity contribution in [2.75, 3.05) is 6.54 Å². The Labute approximate surface area is 114 Å². The summed E-state index contributed by atoms with van der Waals surface area (Å²) in [6.45, 7) is 7.46. The van der Waals surface area contributed by atoms with Crippen LogP contribution in [0.1, 0.15) is 43.5 Å². The zero-order valence-electron chi connectivity index (χ0n) is 11.9. The maximum absolute atomic E-state index is 4.25. The third-order valence-electron chi connectivity index (χ3n) is 3.39. The topological polar surface area (TPSA) is 42.7 Å². The zero-order valence-corrected chi connectivity index (χ0v) is 11.9. The van der Waals surface area contributed by atoms with Gasteiger partial charge in [-0.15, -0.1) is 0 Å². The number of hydrogen-bond acceptors (Lipinski definition) is 3. The largest absolute Gasteiger partial charge is 0.308 e. The van der Waals surface area contributed by atoms with Gasteiger partial charge in [0.15, 0.2) is 0 Å². The zero-order chi connectivity index (χ0) is 13.7. The average Bonchev–Trinajstić information content (AvgIpc) is 2.95. The first kappa shape index (κ1) is 13.7. The van der Waals surface area contributed by atoms with E-state index >= 15 is 0 Å². The fourth-order valence-electron chi connectivity index (χ4n) is 2.22. The first-order valence-electron chi connectivity index (χ1n) is 6.86. The summed E-state index contributed by atoms with van der Waals surface area (Å²) in [6, 6.07) is 9.18. The Morgan fingerprint density at radius 1 is 1.26 bits per heavy atom. The van der Waals surface area contributed by atoms with Crippen molar-refractivity contribution >= 4 is 0 Å². The number of hydrogen-bond donors (Lipinski definition) is 1. The Morgan fingerprint density at radius 2 is 2.00 bits per heavy atom. The summed E-state index contributed by atoms with van der Waals surface area (Å²) in [5, 5.41) is 7.86. The molecule has 102 valence electrons. The van der Waals surface area contributed by atoms with Crippen LogP contribution >= 0.6 is 0 Å². The van der Waals surface area contributed by atoms with Crippen LogP contribution in [0.4, 0.5) is 0 Å². The third-order valence-corrected chi connectivity index (χ3v) is 3.39. The van der Waals surface area contributed by atoms with Crippen molar-refractivity contribution in [3.8, 4) is 0 Å². The van der Waals surface area contributed by atoms with Gasteiger partial charge in [-0.3, -0.25) is 0 Å². The molecule has 0 spiro atoms. The van der Waals surface area contributed by atoms with Crippen LogP contribution < -0.4 is 5.32 Å². The fraction of sp³-hybridized carbons (Fsp3) is 0.467. The fourth-order valence-corrected chi connectivity index (χ4v) is 2.22. The van der Waals surface area contributed by atoms with Gasteiger partial charge in [0.25, 0.3) is 0 Å². The Morgan fingerprint density at radius 3 is 2.58 bits per heavy atom. The van der Waals surface area contributed by atoms with Crippen LogP contribution in [0.25, 0.3) is 0 Å². The highest BCUT2D eigenvalue weighted by molar-refractivity contribution is 5.25. The maximum Gasteiger partial charge on any atom is 0.137 e. The summed E-state index contributed by atoms with van der Waals surface area (Å²) < 4.78 is 1.91. The molecule has 4 heteroatoms. The highest BCUT2D eigenvalue weighted by Crippen LogP contribution is 2.25. The Kier molecular flexibility index (Phi) is 4.68. The van der Waals surface area contributed by atoms with Gasteiger partial charge in [0.05, 0.1) is 12.1 Å². The van der Waals surface area contributed by atoms with Gasteiger partial charge in [0.2, 0.25) is 0 Å². The average molecular weight is 258 g/mol. The molecule has 0 fully saturated rings. The van der Waals surface area contributed by atoms with E-state index in [2.05, 4.69) is 60.4 Å². The molecule has 0 saturated heterocycles. The molecule has 0 aliphatic rings. The van der Waals surface area contributed by atoms with Crippen LogP contribution in [-0.2, 0) is 0 Å². The Hall–Kier alpha value is -1.68. The second-order valence-corrected chi connectivity index (χ2v) is 4.96. The van der Waals surface area contributed by atoms with Crippen molar-refractivity contribution < 1.29 is 0 Å². The van der Waals surface area contributed by atoms with Crippen molar-refractivity contribution in [2.45, 2.75) is 39.3 Å². The van der Waals surface area contributed by atoms with Gasteiger partial charge in [-0.1, -0.05) is 36.8 Å². The lowest BCUT2D eigenvalue weighted by Crippen LogP contribution is -2.29. The van der Waals surface area contributed by atoms with Crippen molar-refractivity contribution in [2.24, 2.45) is 0 Å². The predicted molar refractivity (Wildman–Crippen MR) is 76.9 cm³/mol. The van der Waals surface area contributed by atoms with E-state index in [4.69, 9.17) is 0 Å². The molecular weight excluding hydrogens is 236 g/mol. The molecule has 2 rings (SSSR count). The van der Waals surface area contributed by atoms with E-state index in [1.807, 2.05) is 4.68 Å². The van der Waals surface area contributed by atoms with Gasteiger partial charge in [0, 0.05) is 0 Å². The first-order valence-corrected chi connectivity index (χ1v) is 6.86. The number of rotatable bonds is 6. The molecule has 2 aromatic rings. The van der Waals surface area contributed by atoms with Crippen molar-refractivity contribution in [1.82, 2.24) is 20.1 Å². The number of benzene rings is 1. The highest BCUT2D eigenvalue weighted by Gasteiger charge is 2.20. The number of nitrogens with zero attached hydrogens (tertiary/aromatic N) is 3. The van der Waals surface area contributed by atoms with Crippen LogP contribution in [0, 0.1) is 6.92 Å². The highest BCUT2D eigenvalue weighted by atomic mass is 15.3. The number of nitrogens with one attached hydrogen (secondary N) is 1. The maximum atomic E-state index is 4.25. The summed E-state index contributed by atoms with van der Waals surface area (Å²) in [4.78, 5) is 4.04. The lowest BCUT2D eigenvalue weighted by atomic mass is 9.99. The lowest BCUT2D eigenvalue weighted by molar-refractivity contribution is 0.353. The van der Waals surface area contributed by atoms with Crippen LogP contribution in [0.2, 0.25) is 0 Å². The third kappa shape index (κ3) is 3.41. The molecule has 0 bridgehead atoms. The quantitative estimate of drug-likeness (QED) is 0.866. The Balaban J connectivity index is 2.22. The minimum absolute atomic E-state index is 0.233. The summed E-state index contributed by atoms with van der Waals surface area (Å²) >= 11 is 0. The Bertz CT molecular complexity index is 475. The van der Waals surface area contributed by atoms with Crippen molar-refractivity contribution in [1.29, 1.82) is 0 Å². The van der Waals surface area contributed by atoms with Gasteiger partial charge in [-0.25, -0.2) is 9.67 Å². The van der Waals surface area contributed by atoms with Gasteiger partial charge in [0.1, 0.15) is 12.7 Å². The van der Waals surface area contributed by atoms with E-state index in [-0.39, 0.29) is 12.1 Å². The van der Waals surface area contributed by atoms with Crippen LogP contribution in [0.3, 0.4) is 0 Å². The second kappa shape index (κ2) is 6.48. The predicted octanol–water partition coefficient (Wildman–Crippen LogP) is 2.89. The van der Waals surface area contributed by atoms with Crippen LogP contribution in [0.5, 0.6) is 0 Å². The molecule has 1 N–H and O–H groups in total. The smallest absolute Gasteiger partial charge is 0.137 e. The lowest BCUT2D eigenvalue weighted by Gasteiger charge is -2.25. The standard InChI is InChI=1S/C15H22N4/c1-4-9-17-15(13(3)19-11-16-10-18-19)14-7-5-12(2)6-8-14/h5-8,10-11,13,15,17H,4,9H2,1-3H3. The minimum Gasteiger partial charge on any atom is -0.308 e. The van der Waals surface area contributed by atoms with Gasteiger partial charge >= 0.3 is 0 Å². The minimum atomic E-state index is 0.233. The molecule has 4 nitrogen and oxygen atoms in total. The second-order valence-electron chi connectivity index (χ2n) is 4.96. The first-order chi connectivity index (χ1) is 9.22. The van der Waals surface area contributed by atoms with E-state index in [0.29, 0.717) is 0 Å². The normalized spacial score (nSPS) is 14.3. The van der Waals surface area contributed by atoms with Gasteiger partial charge in [-0.2, -0.15) is 5.10 Å². The van der Waals surface area contributed by atoms with E-state index < -0.39 is 0 Å². The molecule has 1 heterocycles. The molecule has 2 atom stereocenters. The van der Waals surface area contributed by atoms with Gasteiger partial charge < -0.3 is 5.32 Å². The molecule has 0 aliphatic heterocycles. The van der Waals surface area contributed by atoms with E-state index in [1.165, 1.54) is 11.1 Å². The molecule has 0 aliphatic carbocycles. The summed E-state index contributed by atoms with van der Waals surface area (Å²) in [5.74, 6) is 0. The van der Waals surface area contributed by atoms with Gasteiger partial charge in [-0.05, 0) is 32.4 Å². The summed E-state index contributed by atoms with van der Waals surface area (Å²) in [5.41, 5.74) is 2.58. The molecule has 0 radical (unpaired) electrons.